The van der Waals surface area contributed by atoms with Crippen molar-refractivity contribution in [3.63, 3.8) is 0 Å². The normalized spacial score (nSPS) is 15.2. The van der Waals surface area contributed by atoms with Crippen LogP contribution in [0.25, 0.3) is 21.3 Å². The van der Waals surface area contributed by atoms with Crippen molar-refractivity contribution in [1.82, 2.24) is 9.55 Å². The van der Waals surface area contributed by atoms with Gasteiger partial charge in [-0.15, -0.1) is 11.3 Å². The van der Waals surface area contributed by atoms with Crippen LogP contribution in [0.15, 0.2) is 46.8 Å². The molecule has 6 heteroatoms. The minimum absolute atomic E-state index is 0.00957. The Balaban J connectivity index is 1.61. The highest BCUT2D eigenvalue weighted by Crippen LogP contribution is 2.30. The average Bonchev–Trinajstić information content (AvgIpc) is 3.10. The summed E-state index contributed by atoms with van der Waals surface area (Å²) in [6.45, 7) is -0.0949. The van der Waals surface area contributed by atoms with E-state index in [1.165, 1.54) is 28.7 Å². The fourth-order valence-electron chi connectivity index (χ4n) is 3.46. The summed E-state index contributed by atoms with van der Waals surface area (Å²) in [6, 6.07) is 9.76. The van der Waals surface area contributed by atoms with Gasteiger partial charge in [0.15, 0.2) is 0 Å². The molecule has 1 saturated carbocycles. The number of fused-ring (bicyclic) bond motifs is 1. The summed E-state index contributed by atoms with van der Waals surface area (Å²) in [7, 11) is 0. The molecule has 4 rings (SSSR count). The standard InChI is InChI=1S/C20H20N2O3S/c23-17(25-15-9-5-2-6-10-15)11-22-13-21-19-18(20(22)24)16(12-26-19)14-7-3-1-4-8-14/h1,3-4,7-8,12-13,15H,2,5-6,9-11H2. The summed E-state index contributed by atoms with van der Waals surface area (Å²) in [5.74, 6) is -0.364. The number of nitrogens with zero attached hydrogens (tertiary/aromatic N) is 2. The van der Waals surface area contributed by atoms with Gasteiger partial charge in [-0.05, 0) is 31.2 Å². The monoisotopic (exact) mass is 368 g/mol. The molecule has 1 aliphatic rings. The van der Waals surface area contributed by atoms with Crippen molar-refractivity contribution >= 4 is 27.5 Å². The van der Waals surface area contributed by atoms with Gasteiger partial charge in [-0.2, -0.15) is 0 Å². The van der Waals surface area contributed by atoms with Gasteiger partial charge in [-0.3, -0.25) is 14.2 Å². The number of hydrogen-bond acceptors (Lipinski definition) is 5. The summed E-state index contributed by atoms with van der Waals surface area (Å²) in [5.41, 5.74) is 1.63. The number of carbonyl (C=O) groups excluding carboxylic acids is 1. The molecule has 0 unspecified atom stereocenters. The topological polar surface area (TPSA) is 61.2 Å². The first kappa shape index (κ1) is 17.0. The zero-order valence-electron chi connectivity index (χ0n) is 14.4. The van der Waals surface area contributed by atoms with E-state index in [0.717, 1.165) is 36.8 Å². The minimum atomic E-state index is -0.364. The zero-order valence-corrected chi connectivity index (χ0v) is 15.2. The van der Waals surface area contributed by atoms with Crippen LogP contribution in [0.1, 0.15) is 32.1 Å². The van der Waals surface area contributed by atoms with Crippen LogP contribution in [0, 0.1) is 0 Å². The van der Waals surface area contributed by atoms with Crippen LogP contribution in [0.4, 0.5) is 0 Å². The maximum absolute atomic E-state index is 12.9. The minimum Gasteiger partial charge on any atom is -0.461 e. The van der Waals surface area contributed by atoms with Gasteiger partial charge in [0.25, 0.3) is 5.56 Å². The molecule has 0 saturated heterocycles. The van der Waals surface area contributed by atoms with Gasteiger partial charge < -0.3 is 4.74 Å². The van der Waals surface area contributed by atoms with Crippen molar-refractivity contribution in [3.05, 3.63) is 52.4 Å². The molecule has 134 valence electrons. The van der Waals surface area contributed by atoms with Crippen molar-refractivity contribution in [2.24, 2.45) is 0 Å². The molecule has 0 amide bonds. The number of hydrogen-bond donors (Lipinski definition) is 0. The lowest BCUT2D eigenvalue weighted by Gasteiger charge is -2.21. The predicted octanol–water partition coefficient (Wildman–Crippen LogP) is 4.00. The molecule has 0 aliphatic heterocycles. The molecular formula is C20H20N2O3S. The smallest absolute Gasteiger partial charge is 0.326 e. The number of thiophene rings is 1. The maximum Gasteiger partial charge on any atom is 0.326 e. The zero-order chi connectivity index (χ0) is 17.9. The lowest BCUT2D eigenvalue weighted by atomic mass is 9.98. The Morgan fingerprint density at radius 3 is 2.73 bits per heavy atom. The maximum atomic E-state index is 12.9. The third kappa shape index (κ3) is 3.42. The van der Waals surface area contributed by atoms with Crippen LogP contribution in [0.5, 0.6) is 0 Å². The second-order valence-corrected chi connectivity index (χ2v) is 7.48. The van der Waals surface area contributed by atoms with E-state index in [0.29, 0.717) is 10.2 Å². The molecule has 0 bridgehead atoms. The fourth-order valence-corrected chi connectivity index (χ4v) is 4.36. The highest BCUT2D eigenvalue weighted by molar-refractivity contribution is 7.17. The molecule has 0 radical (unpaired) electrons. The summed E-state index contributed by atoms with van der Waals surface area (Å²) in [4.78, 5) is 30.2. The van der Waals surface area contributed by atoms with Crippen molar-refractivity contribution in [2.75, 3.05) is 0 Å². The van der Waals surface area contributed by atoms with E-state index in [1.54, 1.807) is 0 Å². The van der Waals surface area contributed by atoms with Gasteiger partial charge in [0.1, 0.15) is 17.5 Å². The van der Waals surface area contributed by atoms with Crippen LogP contribution in [0.3, 0.4) is 0 Å². The summed E-state index contributed by atoms with van der Waals surface area (Å²) in [6.07, 6.45) is 6.67. The first-order valence-corrected chi connectivity index (χ1v) is 9.82. The number of esters is 1. The number of carbonyl (C=O) groups is 1. The Hall–Kier alpha value is -2.47. The van der Waals surface area contributed by atoms with Crippen molar-refractivity contribution < 1.29 is 9.53 Å². The first-order chi connectivity index (χ1) is 12.7. The van der Waals surface area contributed by atoms with Gasteiger partial charge >= 0.3 is 5.97 Å². The largest absolute Gasteiger partial charge is 0.461 e. The third-order valence-electron chi connectivity index (χ3n) is 4.80. The van der Waals surface area contributed by atoms with Crippen LogP contribution < -0.4 is 5.56 Å². The first-order valence-electron chi connectivity index (χ1n) is 8.94. The molecular weight excluding hydrogens is 348 g/mol. The Labute approximate surface area is 155 Å². The van der Waals surface area contributed by atoms with Gasteiger partial charge in [0, 0.05) is 10.9 Å². The van der Waals surface area contributed by atoms with Crippen molar-refractivity contribution in [2.45, 2.75) is 44.8 Å². The molecule has 1 fully saturated rings. The van der Waals surface area contributed by atoms with E-state index in [1.807, 2.05) is 35.7 Å². The highest BCUT2D eigenvalue weighted by atomic mass is 32.1. The summed E-state index contributed by atoms with van der Waals surface area (Å²) in [5, 5.41) is 2.51. The Bertz CT molecular complexity index is 972. The Kier molecular flexibility index (Phi) is 4.84. The van der Waals surface area contributed by atoms with E-state index in [4.69, 9.17) is 4.74 Å². The van der Waals surface area contributed by atoms with Crippen LogP contribution in [0.2, 0.25) is 0 Å². The quantitative estimate of drug-likeness (QED) is 0.653. The van der Waals surface area contributed by atoms with Gasteiger partial charge in [-0.1, -0.05) is 36.8 Å². The molecule has 2 aromatic heterocycles. The highest BCUT2D eigenvalue weighted by Gasteiger charge is 2.19. The molecule has 0 atom stereocenters. The Morgan fingerprint density at radius 1 is 1.19 bits per heavy atom. The van der Waals surface area contributed by atoms with Crippen molar-refractivity contribution in [3.8, 4) is 11.1 Å². The predicted molar refractivity (Wildman–Crippen MR) is 102 cm³/mol. The van der Waals surface area contributed by atoms with Gasteiger partial charge in [-0.25, -0.2) is 4.98 Å². The fraction of sp³-hybridized carbons (Fsp3) is 0.350. The van der Waals surface area contributed by atoms with E-state index in [2.05, 4.69) is 4.98 Å². The van der Waals surface area contributed by atoms with Gasteiger partial charge in [0.05, 0.1) is 11.7 Å². The number of ether oxygens (including phenoxy) is 1. The number of benzene rings is 1. The van der Waals surface area contributed by atoms with Crippen LogP contribution >= 0.6 is 11.3 Å². The SMILES string of the molecule is O=C(Cn1cnc2scc(-c3ccccc3)c2c1=O)OC1CCCCC1. The molecule has 3 aromatic rings. The molecule has 1 aromatic carbocycles. The summed E-state index contributed by atoms with van der Waals surface area (Å²) >= 11 is 1.44. The molecule has 0 spiro atoms. The molecule has 2 heterocycles. The van der Waals surface area contributed by atoms with Gasteiger partial charge in [0.2, 0.25) is 0 Å². The number of aromatic nitrogens is 2. The van der Waals surface area contributed by atoms with E-state index >= 15 is 0 Å². The third-order valence-corrected chi connectivity index (χ3v) is 5.68. The molecule has 1 aliphatic carbocycles. The second-order valence-electron chi connectivity index (χ2n) is 6.62. The van der Waals surface area contributed by atoms with E-state index in [-0.39, 0.29) is 24.2 Å². The summed E-state index contributed by atoms with van der Waals surface area (Å²) < 4.78 is 6.89. The lowest BCUT2D eigenvalue weighted by Crippen LogP contribution is -2.28. The average molecular weight is 368 g/mol. The second kappa shape index (κ2) is 7.41. The molecule has 26 heavy (non-hydrogen) atoms. The van der Waals surface area contributed by atoms with Crippen LogP contribution in [-0.2, 0) is 16.1 Å². The van der Waals surface area contributed by atoms with E-state index in [9.17, 15) is 9.59 Å². The van der Waals surface area contributed by atoms with Crippen molar-refractivity contribution in [1.29, 1.82) is 0 Å². The number of rotatable bonds is 4. The van der Waals surface area contributed by atoms with E-state index < -0.39 is 0 Å². The Morgan fingerprint density at radius 2 is 1.96 bits per heavy atom. The molecule has 5 nitrogen and oxygen atoms in total. The van der Waals surface area contributed by atoms with Crippen LogP contribution in [-0.4, -0.2) is 21.6 Å². The lowest BCUT2D eigenvalue weighted by molar-refractivity contribution is -0.151. The molecule has 0 N–H and O–H groups in total.